The molecule has 1 atom stereocenters. The standard InChI is InChI=1S/C25H31N5O2S/c1-4-20-10-12-22(13-11-20)32-19(2)24-26-27-25(28(24)3)33-18-23(31)30-16-14-29(15-17-30)21-8-6-5-7-9-21/h5-13,19H,4,14-18H2,1-3H3/t19-/m1/s1. The van der Waals surface area contributed by atoms with Gasteiger partial charge in [-0.3, -0.25) is 4.79 Å². The molecule has 1 amide bonds. The van der Waals surface area contributed by atoms with E-state index in [-0.39, 0.29) is 12.0 Å². The first-order chi connectivity index (χ1) is 16.0. The molecule has 1 aliphatic heterocycles. The Morgan fingerprint density at radius 3 is 2.39 bits per heavy atom. The van der Waals surface area contributed by atoms with E-state index in [9.17, 15) is 4.79 Å². The van der Waals surface area contributed by atoms with Gasteiger partial charge in [-0.25, -0.2) is 0 Å². The predicted octanol–water partition coefficient (Wildman–Crippen LogP) is 3.96. The van der Waals surface area contributed by atoms with E-state index in [1.54, 1.807) is 0 Å². The van der Waals surface area contributed by atoms with Crippen molar-refractivity contribution in [3.8, 4) is 5.75 Å². The molecular formula is C25H31N5O2S. The molecule has 0 bridgehead atoms. The van der Waals surface area contributed by atoms with Crippen molar-refractivity contribution in [2.24, 2.45) is 7.05 Å². The summed E-state index contributed by atoms with van der Waals surface area (Å²) in [6.07, 6.45) is 0.757. The Morgan fingerprint density at radius 2 is 1.73 bits per heavy atom. The molecule has 0 unspecified atom stereocenters. The first-order valence-electron chi connectivity index (χ1n) is 11.4. The fraction of sp³-hybridized carbons (Fsp3) is 0.400. The van der Waals surface area contributed by atoms with Gasteiger partial charge < -0.3 is 19.1 Å². The summed E-state index contributed by atoms with van der Waals surface area (Å²) in [5.74, 6) is 2.03. The van der Waals surface area contributed by atoms with E-state index in [0.29, 0.717) is 5.75 Å². The maximum Gasteiger partial charge on any atom is 0.233 e. The van der Waals surface area contributed by atoms with Crippen molar-refractivity contribution >= 4 is 23.4 Å². The zero-order valence-electron chi connectivity index (χ0n) is 19.5. The van der Waals surface area contributed by atoms with Gasteiger partial charge in [-0.15, -0.1) is 10.2 Å². The molecule has 8 heteroatoms. The summed E-state index contributed by atoms with van der Waals surface area (Å²) >= 11 is 1.42. The molecule has 1 fully saturated rings. The van der Waals surface area contributed by atoms with Crippen molar-refractivity contribution < 1.29 is 9.53 Å². The number of hydrogen-bond acceptors (Lipinski definition) is 6. The SMILES string of the molecule is CCc1ccc(O[C@H](C)c2nnc(SCC(=O)N3CCN(c4ccccc4)CC3)n2C)cc1. The third kappa shape index (κ3) is 5.68. The highest BCUT2D eigenvalue weighted by Gasteiger charge is 2.23. The number of aromatic nitrogens is 3. The Balaban J connectivity index is 1.28. The van der Waals surface area contributed by atoms with Crippen molar-refractivity contribution in [3.63, 3.8) is 0 Å². The number of carbonyl (C=O) groups excluding carboxylic acids is 1. The van der Waals surface area contributed by atoms with Crippen LogP contribution in [0, 0.1) is 0 Å². The van der Waals surface area contributed by atoms with Crippen LogP contribution in [0.15, 0.2) is 59.8 Å². The molecule has 174 valence electrons. The zero-order chi connectivity index (χ0) is 23.2. The Morgan fingerprint density at radius 1 is 1.03 bits per heavy atom. The lowest BCUT2D eigenvalue weighted by molar-refractivity contribution is -0.128. The van der Waals surface area contributed by atoms with Gasteiger partial charge in [0.1, 0.15) is 5.75 Å². The van der Waals surface area contributed by atoms with Crippen LogP contribution in [0.5, 0.6) is 5.75 Å². The number of nitrogens with zero attached hydrogens (tertiary/aromatic N) is 5. The average molecular weight is 466 g/mol. The molecule has 4 rings (SSSR count). The van der Waals surface area contributed by atoms with Gasteiger partial charge in [-0.1, -0.05) is 49.0 Å². The van der Waals surface area contributed by atoms with E-state index in [4.69, 9.17) is 4.74 Å². The molecule has 2 aromatic carbocycles. The van der Waals surface area contributed by atoms with Crippen LogP contribution in [0.4, 0.5) is 5.69 Å². The van der Waals surface area contributed by atoms with Crippen LogP contribution in [0.1, 0.15) is 31.3 Å². The molecule has 1 aromatic heterocycles. The van der Waals surface area contributed by atoms with Crippen LogP contribution in [0.2, 0.25) is 0 Å². The fourth-order valence-electron chi connectivity index (χ4n) is 3.94. The van der Waals surface area contributed by atoms with Gasteiger partial charge in [-0.2, -0.15) is 0 Å². The molecule has 0 aliphatic carbocycles. The highest BCUT2D eigenvalue weighted by Crippen LogP contribution is 2.24. The van der Waals surface area contributed by atoms with Crippen molar-refractivity contribution in [2.45, 2.75) is 31.5 Å². The van der Waals surface area contributed by atoms with Crippen molar-refractivity contribution in [1.82, 2.24) is 19.7 Å². The molecular weight excluding hydrogens is 434 g/mol. The number of hydrogen-bond donors (Lipinski definition) is 0. The molecule has 2 heterocycles. The Labute approximate surface area is 199 Å². The average Bonchev–Trinajstić information content (AvgIpc) is 3.24. The summed E-state index contributed by atoms with van der Waals surface area (Å²) in [6.45, 7) is 7.27. The summed E-state index contributed by atoms with van der Waals surface area (Å²) in [5.41, 5.74) is 2.49. The van der Waals surface area contributed by atoms with Crippen LogP contribution < -0.4 is 9.64 Å². The van der Waals surface area contributed by atoms with Gasteiger partial charge >= 0.3 is 0 Å². The summed E-state index contributed by atoms with van der Waals surface area (Å²) in [6, 6.07) is 18.5. The van der Waals surface area contributed by atoms with Crippen molar-refractivity contribution in [1.29, 1.82) is 0 Å². The smallest absolute Gasteiger partial charge is 0.233 e. The van der Waals surface area contributed by atoms with Crippen LogP contribution in [0.25, 0.3) is 0 Å². The van der Waals surface area contributed by atoms with Gasteiger partial charge in [0.05, 0.1) is 5.75 Å². The van der Waals surface area contributed by atoms with Crippen LogP contribution in [0.3, 0.4) is 0 Å². The van der Waals surface area contributed by atoms with E-state index in [0.717, 1.165) is 49.3 Å². The summed E-state index contributed by atoms with van der Waals surface area (Å²) in [5, 5.41) is 9.33. The highest BCUT2D eigenvalue weighted by molar-refractivity contribution is 7.99. The monoisotopic (exact) mass is 465 g/mol. The van der Waals surface area contributed by atoms with Gasteiger partial charge in [-0.05, 0) is 43.2 Å². The van der Waals surface area contributed by atoms with Gasteiger partial charge in [0.25, 0.3) is 0 Å². The number of para-hydroxylation sites is 1. The van der Waals surface area contributed by atoms with E-state index in [2.05, 4.69) is 46.3 Å². The number of amides is 1. The molecule has 3 aromatic rings. The lowest BCUT2D eigenvalue weighted by atomic mass is 10.2. The lowest BCUT2D eigenvalue weighted by Crippen LogP contribution is -2.49. The third-order valence-electron chi connectivity index (χ3n) is 5.96. The molecule has 0 saturated carbocycles. The Hall–Kier alpha value is -3.00. The number of piperazine rings is 1. The molecule has 0 radical (unpaired) electrons. The first-order valence-corrected chi connectivity index (χ1v) is 12.4. The summed E-state index contributed by atoms with van der Waals surface area (Å²) < 4.78 is 7.96. The summed E-state index contributed by atoms with van der Waals surface area (Å²) in [7, 11) is 1.92. The lowest BCUT2D eigenvalue weighted by Gasteiger charge is -2.36. The third-order valence-corrected chi connectivity index (χ3v) is 6.96. The molecule has 1 aliphatic rings. The van der Waals surface area contributed by atoms with E-state index in [1.807, 2.05) is 53.8 Å². The molecule has 0 N–H and O–H groups in total. The van der Waals surface area contributed by atoms with Gasteiger partial charge in [0, 0.05) is 38.9 Å². The Kier molecular flexibility index (Phi) is 7.54. The number of ether oxygens (including phenoxy) is 1. The number of aryl methyl sites for hydroxylation is 1. The van der Waals surface area contributed by atoms with E-state index < -0.39 is 0 Å². The summed E-state index contributed by atoms with van der Waals surface area (Å²) in [4.78, 5) is 17.0. The largest absolute Gasteiger partial charge is 0.483 e. The van der Waals surface area contributed by atoms with E-state index >= 15 is 0 Å². The van der Waals surface area contributed by atoms with Crippen LogP contribution in [-0.2, 0) is 18.3 Å². The molecule has 1 saturated heterocycles. The van der Waals surface area contributed by atoms with Crippen LogP contribution in [-0.4, -0.2) is 57.5 Å². The van der Waals surface area contributed by atoms with Crippen LogP contribution >= 0.6 is 11.8 Å². The predicted molar refractivity (Wildman–Crippen MR) is 132 cm³/mol. The minimum atomic E-state index is -0.244. The number of benzene rings is 2. The Bertz CT molecular complexity index is 1050. The highest BCUT2D eigenvalue weighted by atomic mass is 32.2. The topological polar surface area (TPSA) is 63.5 Å². The number of anilines is 1. The minimum Gasteiger partial charge on any atom is -0.483 e. The molecule has 0 spiro atoms. The number of carbonyl (C=O) groups is 1. The quantitative estimate of drug-likeness (QED) is 0.469. The normalized spacial score (nSPS) is 14.9. The van der Waals surface area contributed by atoms with Crippen molar-refractivity contribution in [2.75, 3.05) is 36.8 Å². The second-order valence-corrected chi connectivity index (χ2v) is 9.09. The maximum absolute atomic E-state index is 12.8. The fourth-order valence-corrected chi connectivity index (χ4v) is 4.76. The number of rotatable bonds is 8. The molecule has 33 heavy (non-hydrogen) atoms. The van der Waals surface area contributed by atoms with Gasteiger partial charge in [0.2, 0.25) is 5.91 Å². The minimum absolute atomic E-state index is 0.137. The first kappa shape index (κ1) is 23.2. The maximum atomic E-state index is 12.8. The zero-order valence-corrected chi connectivity index (χ0v) is 20.3. The van der Waals surface area contributed by atoms with Crippen molar-refractivity contribution in [3.05, 3.63) is 66.0 Å². The molecule has 7 nitrogen and oxygen atoms in total. The van der Waals surface area contributed by atoms with Gasteiger partial charge in [0.15, 0.2) is 17.1 Å². The van der Waals surface area contributed by atoms with E-state index in [1.165, 1.54) is 23.0 Å². The number of thioether (sulfide) groups is 1. The second kappa shape index (κ2) is 10.7. The second-order valence-electron chi connectivity index (χ2n) is 8.15.